The molecule has 0 aliphatic carbocycles. The lowest BCUT2D eigenvalue weighted by molar-refractivity contribution is -0.385. The number of anilines is 1. The molecule has 1 atom stereocenters. The summed E-state index contributed by atoms with van der Waals surface area (Å²) in [6.07, 6.45) is 2.20. The van der Waals surface area contributed by atoms with E-state index in [0.717, 1.165) is 6.42 Å². The molecular formula is C13H14BrN3O2S. The number of halogens is 1. The van der Waals surface area contributed by atoms with Gasteiger partial charge in [0.15, 0.2) is 0 Å². The van der Waals surface area contributed by atoms with Crippen molar-refractivity contribution in [2.45, 2.75) is 26.3 Å². The number of rotatable bonds is 5. The summed E-state index contributed by atoms with van der Waals surface area (Å²) in [5.74, 6) is 0.633. The van der Waals surface area contributed by atoms with Crippen LogP contribution in [0.1, 0.15) is 29.8 Å². The van der Waals surface area contributed by atoms with E-state index in [2.05, 4.69) is 39.2 Å². The summed E-state index contributed by atoms with van der Waals surface area (Å²) in [6, 6.07) is 4.23. The van der Waals surface area contributed by atoms with Crippen LogP contribution >= 0.6 is 27.3 Å². The van der Waals surface area contributed by atoms with Crippen LogP contribution < -0.4 is 5.32 Å². The summed E-state index contributed by atoms with van der Waals surface area (Å²) >= 11 is 5.07. The van der Waals surface area contributed by atoms with Gasteiger partial charge in [-0.15, -0.1) is 11.3 Å². The molecule has 2 rings (SSSR count). The van der Waals surface area contributed by atoms with E-state index in [1.54, 1.807) is 18.3 Å². The predicted octanol–water partition coefficient (Wildman–Crippen LogP) is 4.69. The Kier molecular flexibility index (Phi) is 4.72. The van der Waals surface area contributed by atoms with Gasteiger partial charge in [-0.1, -0.05) is 13.0 Å². The average molecular weight is 356 g/mol. The minimum absolute atomic E-state index is 0.0200. The summed E-state index contributed by atoms with van der Waals surface area (Å²) in [5.41, 5.74) is 0.597. The zero-order chi connectivity index (χ0) is 14.7. The zero-order valence-corrected chi connectivity index (χ0v) is 13.5. The van der Waals surface area contributed by atoms with Crippen LogP contribution in [0.4, 0.5) is 11.5 Å². The minimum Gasteiger partial charge on any atom is -0.362 e. The van der Waals surface area contributed by atoms with Crippen LogP contribution in [0.2, 0.25) is 0 Å². The molecule has 1 unspecified atom stereocenters. The zero-order valence-electron chi connectivity index (χ0n) is 11.1. The standard InChI is InChI=1S/C13H14BrN3O2S/c1-3-9(11-5-4-6-20-11)16-13-12(14)8(2)10(7-15-13)17(18)19/h4-7,9H,3H2,1-2H3,(H,15,16). The van der Waals surface area contributed by atoms with Crippen molar-refractivity contribution >= 4 is 38.8 Å². The number of pyridine rings is 1. The molecular weight excluding hydrogens is 342 g/mol. The molecule has 0 fully saturated rings. The number of hydrogen-bond donors (Lipinski definition) is 1. The van der Waals surface area contributed by atoms with Crippen molar-refractivity contribution in [3.63, 3.8) is 0 Å². The van der Waals surface area contributed by atoms with Crippen LogP contribution in [-0.2, 0) is 0 Å². The Hall–Kier alpha value is -1.47. The van der Waals surface area contributed by atoms with Gasteiger partial charge in [-0.2, -0.15) is 0 Å². The Labute approximate surface area is 129 Å². The van der Waals surface area contributed by atoms with Crippen molar-refractivity contribution in [2.75, 3.05) is 5.32 Å². The second-order valence-electron chi connectivity index (χ2n) is 4.31. The average Bonchev–Trinajstić information content (AvgIpc) is 2.94. The summed E-state index contributed by atoms with van der Waals surface area (Å²) in [4.78, 5) is 15.8. The van der Waals surface area contributed by atoms with E-state index in [0.29, 0.717) is 15.9 Å². The number of nitro groups is 1. The van der Waals surface area contributed by atoms with Crippen LogP contribution in [0.25, 0.3) is 0 Å². The van der Waals surface area contributed by atoms with Crippen LogP contribution in [-0.4, -0.2) is 9.91 Å². The van der Waals surface area contributed by atoms with Gasteiger partial charge in [0.2, 0.25) is 0 Å². The van der Waals surface area contributed by atoms with Crippen molar-refractivity contribution in [3.05, 3.63) is 48.7 Å². The minimum atomic E-state index is -0.423. The van der Waals surface area contributed by atoms with E-state index < -0.39 is 4.92 Å². The molecule has 0 aliphatic rings. The lowest BCUT2D eigenvalue weighted by atomic mass is 10.2. The molecule has 5 nitrogen and oxygen atoms in total. The fraction of sp³-hybridized carbons (Fsp3) is 0.308. The first kappa shape index (κ1) is 14.9. The van der Waals surface area contributed by atoms with E-state index in [1.165, 1.54) is 11.1 Å². The maximum absolute atomic E-state index is 10.9. The van der Waals surface area contributed by atoms with Crippen molar-refractivity contribution < 1.29 is 4.92 Å². The highest BCUT2D eigenvalue weighted by Gasteiger charge is 2.19. The monoisotopic (exact) mass is 355 g/mol. The smallest absolute Gasteiger partial charge is 0.291 e. The molecule has 20 heavy (non-hydrogen) atoms. The summed E-state index contributed by atoms with van der Waals surface area (Å²) in [5, 5.41) is 16.2. The first-order valence-electron chi connectivity index (χ1n) is 6.14. The Morgan fingerprint density at radius 2 is 2.35 bits per heavy atom. The van der Waals surface area contributed by atoms with E-state index in [9.17, 15) is 10.1 Å². The van der Waals surface area contributed by atoms with Gasteiger partial charge in [0.05, 0.1) is 15.4 Å². The van der Waals surface area contributed by atoms with Crippen molar-refractivity contribution in [3.8, 4) is 0 Å². The van der Waals surface area contributed by atoms with Gasteiger partial charge in [-0.3, -0.25) is 10.1 Å². The molecule has 7 heteroatoms. The third kappa shape index (κ3) is 2.99. The van der Waals surface area contributed by atoms with E-state index in [-0.39, 0.29) is 11.7 Å². The van der Waals surface area contributed by atoms with Gasteiger partial charge in [0.1, 0.15) is 12.0 Å². The first-order valence-corrected chi connectivity index (χ1v) is 7.81. The lowest BCUT2D eigenvalue weighted by Crippen LogP contribution is -2.10. The van der Waals surface area contributed by atoms with Crippen LogP contribution in [0.15, 0.2) is 28.2 Å². The third-order valence-electron chi connectivity index (χ3n) is 3.04. The summed E-state index contributed by atoms with van der Waals surface area (Å²) in [6.45, 7) is 3.80. The molecule has 1 N–H and O–H groups in total. The maximum atomic E-state index is 10.9. The van der Waals surface area contributed by atoms with Gasteiger partial charge < -0.3 is 5.32 Å². The Balaban J connectivity index is 2.30. The highest BCUT2D eigenvalue weighted by Crippen LogP contribution is 2.33. The molecule has 2 aromatic heterocycles. The molecule has 0 aromatic carbocycles. The SMILES string of the molecule is CCC(Nc1ncc([N+](=O)[O-])c(C)c1Br)c1cccs1. The largest absolute Gasteiger partial charge is 0.362 e. The van der Waals surface area contributed by atoms with Gasteiger partial charge >= 0.3 is 0 Å². The lowest BCUT2D eigenvalue weighted by Gasteiger charge is -2.17. The number of aromatic nitrogens is 1. The Morgan fingerprint density at radius 1 is 1.60 bits per heavy atom. The molecule has 0 amide bonds. The third-order valence-corrected chi connectivity index (χ3v) is 5.00. The van der Waals surface area contributed by atoms with Gasteiger partial charge in [-0.25, -0.2) is 4.98 Å². The second kappa shape index (κ2) is 6.32. The molecule has 2 aromatic rings. The van der Waals surface area contributed by atoms with Crippen molar-refractivity contribution in [1.82, 2.24) is 4.98 Å². The summed E-state index contributed by atoms with van der Waals surface area (Å²) in [7, 11) is 0. The topological polar surface area (TPSA) is 68.1 Å². The highest BCUT2D eigenvalue weighted by molar-refractivity contribution is 9.10. The van der Waals surface area contributed by atoms with Crippen LogP contribution in [0, 0.1) is 17.0 Å². The molecule has 0 spiro atoms. The molecule has 0 bridgehead atoms. The molecule has 106 valence electrons. The van der Waals surface area contributed by atoms with Gasteiger partial charge in [0, 0.05) is 10.4 Å². The fourth-order valence-electron chi connectivity index (χ4n) is 1.88. The number of nitrogens with zero attached hydrogens (tertiary/aromatic N) is 2. The number of thiophene rings is 1. The van der Waals surface area contributed by atoms with Crippen LogP contribution in [0.5, 0.6) is 0 Å². The first-order chi connectivity index (χ1) is 9.54. The van der Waals surface area contributed by atoms with Gasteiger partial charge in [0.25, 0.3) is 5.69 Å². The fourth-order valence-corrected chi connectivity index (χ4v) is 3.16. The van der Waals surface area contributed by atoms with E-state index in [1.807, 2.05) is 11.4 Å². The van der Waals surface area contributed by atoms with Crippen molar-refractivity contribution in [2.24, 2.45) is 0 Å². The maximum Gasteiger partial charge on any atom is 0.291 e. The normalized spacial score (nSPS) is 12.2. The number of nitrogens with one attached hydrogen (secondary N) is 1. The Bertz CT molecular complexity index is 616. The van der Waals surface area contributed by atoms with Crippen LogP contribution in [0.3, 0.4) is 0 Å². The number of hydrogen-bond acceptors (Lipinski definition) is 5. The molecule has 0 aliphatic heterocycles. The quantitative estimate of drug-likeness (QED) is 0.624. The summed E-state index contributed by atoms with van der Waals surface area (Å²) < 4.78 is 0.640. The van der Waals surface area contributed by atoms with Gasteiger partial charge in [-0.05, 0) is 40.7 Å². The molecule has 0 saturated carbocycles. The van der Waals surface area contributed by atoms with E-state index >= 15 is 0 Å². The Morgan fingerprint density at radius 3 is 2.90 bits per heavy atom. The van der Waals surface area contributed by atoms with E-state index in [4.69, 9.17) is 0 Å². The second-order valence-corrected chi connectivity index (χ2v) is 6.08. The highest BCUT2D eigenvalue weighted by atomic mass is 79.9. The molecule has 2 heterocycles. The molecule has 0 saturated heterocycles. The predicted molar refractivity (Wildman–Crippen MR) is 84.3 cm³/mol. The van der Waals surface area contributed by atoms with Crippen molar-refractivity contribution in [1.29, 1.82) is 0 Å². The molecule has 0 radical (unpaired) electrons.